The van der Waals surface area contributed by atoms with Crippen LogP contribution in [-0.4, -0.2) is 61.4 Å². The average Bonchev–Trinajstić information content (AvgIpc) is 3.34. The van der Waals surface area contributed by atoms with E-state index in [0.29, 0.717) is 12.0 Å². The van der Waals surface area contributed by atoms with Gasteiger partial charge in [-0.15, -0.1) is 0 Å². The molecule has 5 nitrogen and oxygen atoms in total. The molecule has 0 aromatic rings. The maximum atomic E-state index is 12.7. The molecule has 1 saturated carbocycles. The van der Waals surface area contributed by atoms with Crippen LogP contribution in [0.1, 0.15) is 38.5 Å². The maximum Gasteiger partial charge on any atom is 0.254 e. The quantitative estimate of drug-likeness (QED) is 0.784. The molecule has 0 aromatic carbocycles. The summed E-state index contributed by atoms with van der Waals surface area (Å²) in [5.74, 6) is 0.951. The molecular formula is C16H26N2O3. The van der Waals surface area contributed by atoms with E-state index in [1.54, 1.807) is 0 Å². The summed E-state index contributed by atoms with van der Waals surface area (Å²) in [7, 11) is 0. The lowest BCUT2D eigenvalue weighted by Gasteiger charge is -2.61. The number of ether oxygens (including phenoxy) is 2. The fourth-order valence-electron chi connectivity index (χ4n) is 4.22. The first kappa shape index (κ1) is 14.0. The van der Waals surface area contributed by atoms with Gasteiger partial charge in [0, 0.05) is 19.3 Å². The molecule has 21 heavy (non-hydrogen) atoms. The van der Waals surface area contributed by atoms with E-state index in [0.717, 1.165) is 58.6 Å². The summed E-state index contributed by atoms with van der Waals surface area (Å²) < 4.78 is 11.6. The molecule has 118 valence electrons. The van der Waals surface area contributed by atoms with Crippen LogP contribution in [0, 0.1) is 5.92 Å². The minimum Gasteiger partial charge on any atom is -0.381 e. The summed E-state index contributed by atoms with van der Waals surface area (Å²) in [6, 6.07) is 0.401. The number of hydrogen-bond acceptors (Lipinski definition) is 4. The Morgan fingerprint density at radius 3 is 2.57 bits per heavy atom. The van der Waals surface area contributed by atoms with Crippen molar-refractivity contribution in [2.45, 2.75) is 56.2 Å². The van der Waals surface area contributed by atoms with E-state index in [1.807, 2.05) is 0 Å². The molecular weight excluding hydrogens is 268 g/mol. The average molecular weight is 294 g/mol. The molecule has 4 fully saturated rings. The zero-order chi connectivity index (χ0) is 14.3. The van der Waals surface area contributed by atoms with Gasteiger partial charge in [-0.2, -0.15) is 0 Å². The normalized spacial score (nSPS) is 33.2. The molecule has 1 aliphatic carbocycles. The van der Waals surface area contributed by atoms with Gasteiger partial charge in [0.25, 0.3) is 5.91 Å². The Hall–Kier alpha value is -0.650. The van der Waals surface area contributed by atoms with Crippen LogP contribution < -0.4 is 5.32 Å². The first-order valence-corrected chi connectivity index (χ1v) is 8.54. The highest BCUT2D eigenvalue weighted by Crippen LogP contribution is 2.46. The van der Waals surface area contributed by atoms with E-state index < -0.39 is 0 Å². The van der Waals surface area contributed by atoms with Crippen molar-refractivity contribution in [3.8, 4) is 0 Å². The summed E-state index contributed by atoms with van der Waals surface area (Å²) >= 11 is 0. The third kappa shape index (κ3) is 2.39. The molecule has 3 heterocycles. The summed E-state index contributed by atoms with van der Waals surface area (Å²) in [5, 5.41) is 3.39. The molecule has 0 radical (unpaired) electrons. The molecule has 3 aliphatic heterocycles. The molecule has 1 unspecified atom stereocenters. The van der Waals surface area contributed by atoms with Gasteiger partial charge >= 0.3 is 0 Å². The van der Waals surface area contributed by atoms with Gasteiger partial charge in [-0.05, 0) is 57.5 Å². The second-order valence-corrected chi connectivity index (χ2v) is 7.06. The van der Waals surface area contributed by atoms with Gasteiger partial charge in [0.05, 0.1) is 12.1 Å². The van der Waals surface area contributed by atoms with Gasteiger partial charge in [0.2, 0.25) is 0 Å². The van der Waals surface area contributed by atoms with Gasteiger partial charge in [0.15, 0.2) is 6.10 Å². The molecule has 3 saturated heterocycles. The second-order valence-electron chi connectivity index (χ2n) is 7.06. The van der Waals surface area contributed by atoms with Crippen molar-refractivity contribution in [2.24, 2.45) is 5.92 Å². The lowest BCUT2D eigenvalue weighted by molar-refractivity contribution is -0.218. The third-order valence-corrected chi connectivity index (χ3v) is 5.66. The smallest absolute Gasteiger partial charge is 0.254 e. The predicted octanol–water partition coefficient (Wildman–Crippen LogP) is 0.925. The van der Waals surface area contributed by atoms with E-state index in [-0.39, 0.29) is 17.6 Å². The Morgan fingerprint density at radius 2 is 1.90 bits per heavy atom. The zero-order valence-electron chi connectivity index (χ0n) is 12.7. The van der Waals surface area contributed by atoms with Crippen molar-refractivity contribution in [3.05, 3.63) is 0 Å². The van der Waals surface area contributed by atoms with Gasteiger partial charge in [-0.25, -0.2) is 0 Å². The molecule has 1 spiro atoms. The highest BCUT2D eigenvalue weighted by atomic mass is 16.5. The number of hydrogen-bond donors (Lipinski definition) is 1. The lowest BCUT2D eigenvalue weighted by Crippen LogP contribution is -2.79. The first-order valence-electron chi connectivity index (χ1n) is 8.54. The highest BCUT2D eigenvalue weighted by molar-refractivity contribution is 5.90. The fraction of sp³-hybridized carbons (Fsp3) is 0.938. The van der Waals surface area contributed by atoms with Crippen LogP contribution in [0.15, 0.2) is 0 Å². The second kappa shape index (κ2) is 5.52. The SMILES string of the molecule is O=C1C(OCC2CC2)C2(CCOCC2)N1C1CCNCC1. The van der Waals surface area contributed by atoms with Crippen LogP contribution in [0.25, 0.3) is 0 Å². The van der Waals surface area contributed by atoms with Crippen molar-refractivity contribution >= 4 is 5.91 Å². The van der Waals surface area contributed by atoms with Crippen molar-refractivity contribution in [3.63, 3.8) is 0 Å². The van der Waals surface area contributed by atoms with Crippen LogP contribution in [0.4, 0.5) is 0 Å². The van der Waals surface area contributed by atoms with Crippen LogP contribution in [0.3, 0.4) is 0 Å². The van der Waals surface area contributed by atoms with Crippen LogP contribution in [0.5, 0.6) is 0 Å². The van der Waals surface area contributed by atoms with E-state index in [4.69, 9.17) is 9.47 Å². The topological polar surface area (TPSA) is 50.8 Å². The summed E-state index contributed by atoms with van der Waals surface area (Å²) in [4.78, 5) is 14.9. The van der Waals surface area contributed by atoms with Gasteiger partial charge in [-0.1, -0.05) is 0 Å². The number of nitrogens with zero attached hydrogens (tertiary/aromatic N) is 1. The number of β-lactam (4-membered cyclic amide) rings is 1. The zero-order valence-corrected chi connectivity index (χ0v) is 12.7. The summed E-state index contributed by atoms with van der Waals surface area (Å²) in [5.41, 5.74) is -0.0633. The molecule has 1 amide bonds. The van der Waals surface area contributed by atoms with Crippen molar-refractivity contribution in [1.29, 1.82) is 0 Å². The predicted molar refractivity (Wildman–Crippen MR) is 78.0 cm³/mol. The Balaban J connectivity index is 1.49. The molecule has 1 atom stereocenters. The number of carbonyl (C=O) groups is 1. The number of likely N-dealkylation sites (tertiary alicyclic amines) is 1. The van der Waals surface area contributed by atoms with Crippen molar-refractivity contribution < 1.29 is 14.3 Å². The molecule has 0 bridgehead atoms. The summed E-state index contributed by atoms with van der Waals surface area (Å²) in [6.07, 6.45) is 6.38. The van der Waals surface area contributed by atoms with Crippen LogP contribution in [0.2, 0.25) is 0 Å². The van der Waals surface area contributed by atoms with Crippen LogP contribution >= 0.6 is 0 Å². The molecule has 4 aliphatic rings. The van der Waals surface area contributed by atoms with E-state index in [2.05, 4.69) is 10.2 Å². The Kier molecular flexibility index (Phi) is 3.67. The van der Waals surface area contributed by atoms with Crippen molar-refractivity contribution in [2.75, 3.05) is 32.9 Å². The van der Waals surface area contributed by atoms with Gasteiger partial charge in [0.1, 0.15) is 0 Å². The third-order valence-electron chi connectivity index (χ3n) is 5.66. The molecule has 1 N–H and O–H groups in total. The molecule has 0 aromatic heterocycles. The molecule has 5 heteroatoms. The Bertz CT molecular complexity index is 398. The maximum absolute atomic E-state index is 12.7. The Morgan fingerprint density at radius 1 is 1.19 bits per heavy atom. The fourth-order valence-corrected chi connectivity index (χ4v) is 4.22. The number of amides is 1. The number of rotatable bonds is 4. The largest absolute Gasteiger partial charge is 0.381 e. The van der Waals surface area contributed by atoms with Gasteiger partial charge < -0.3 is 19.7 Å². The summed E-state index contributed by atoms with van der Waals surface area (Å²) in [6.45, 7) is 4.35. The number of carbonyl (C=O) groups excluding carboxylic acids is 1. The Labute approximate surface area is 126 Å². The minimum absolute atomic E-state index is 0.0633. The van der Waals surface area contributed by atoms with Crippen molar-refractivity contribution in [1.82, 2.24) is 10.2 Å². The van der Waals surface area contributed by atoms with Crippen LogP contribution in [-0.2, 0) is 14.3 Å². The monoisotopic (exact) mass is 294 g/mol. The highest BCUT2D eigenvalue weighted by Gasteiger charge is 2.63. The first-order chi connectivity index (χ1) is 10.3. The number of piperidine rings is 1. The molecule has 4 rings (SSSR count). The number of nitrogens with one attached hydrogen (secondary N) is 1. The van der Waals surface area contributed by atoms with E-state index in [9.17, 15) is 4.79 Å². The minimum atomic E-state index is -0.197. The van der Waals surface area contributed by atoms with E-state index >= 15 is 0 Å². The van der Waals surface area contributed by atoms with E-state index in [1.165, 1.54) is 12.8 Å². The standard InChI is InChI=1S/C16H26N2O3/c19-15-14(21-11-12-1-2-12)16(5-9-20-10-6-16)18(15)13-3-7-17-8-4-13/h12-14,17H,1-11H2. The lowest BCUT2D eigenvalue weighted by atomic mass is 9.72. The van der Waals surface area contributed by atoms with Gasteiger partial charge in [-0.3, -0.25) is 4.79 Å².